The van der Waals surface area contributed by atoms with Crippen molar-refractivity contribution in [3.05, 3.63) is 51.8 Å². The molecular weight excluding hydrogens is 293 g/mol. The molecule has 1 aromatic carbocycles. The Morgan fingerprint density at radius 3 is 2.57 bits per heavy atom. The SMILES string of the molecule is NNc1nc(Oc2c(F)cccc2[N+](=O)[O-])c(F)cc1F. The molecule has 1 aromatic heterocycles. The van der Waals surface area contributed by atoms with E-state index in [4.69, 9.17) is 10.6 Å². The number of nitro benzene ring substituents is 1. The lowest BCUT2D eigenvalue weighted by atomic mass is 10.3. The van der Waals surface area contributed by atoms with E-state index in [-0.39, 0.29) is 0 Å². The highest BCUT2D eigenvalue weighted by Gasteiger charge is 2.23. The van der Waals surface area contributed by atoms with E-state index in [0.29, 0.717) is 6.07 Å². The highest BCUT2D eigenvalue weighted by molar-refractivity contribution is 5.49. The van der Waals surface area contributed by atoms with Crippen molar-refractivity contribution >= 4 is 11.5 Å². The number of nitrogens with zero attached hydrogens (tertiary/aromatic N) is 2. The molecule has 0 bridgehead atoms. The first-order valence-electron chi connectivity index (χ1n) is 5.37. The summed E-state index contributed by atoms with van der Waals surface area (Å²) in [5, 5.41) is 10.8. The minimum absolute atomic E-state index is 0.393. The van der Waals surface area contributed by atoms with Gasteiger partial charge in [0.15, 0.2) is 23.3 Å². The fourth-order valence-corrected chi connectivity index (χ4v) is 1.46. The van der Waals surface area contributed by atoms with Crippen LogP contribution in [0.5, 0.6) is 11.6 Å². The second-order valence-corrected chi connectivity index (χ2v) is 3.70. The first kappa shape index (κ1) is 14.5. The molecule has 1 heterocycles. The summed E-state index contributed by atoms with van der Waals surface area (Å²) in [7, 11) is 0. The number of nitrogens with two attached hydrogens (primary N) is 1. The smallest absolute Gasteiger partial charge is 0.314 e. The lowest BCUT2D eigenvalue weighted by Crippen LogP contribution is -2.11. The van der Waals surface area contributed by atoms with Gasteiger partial charge in [0.2, 0.25) is 5.75 Å². The number of hydrazine groups is 1. The maximum Gasteiger partial charge on any atom is 0.314 e. The van der Waals surface area contributed by atoms with Gasteiger partial charge in [-0.2, -0.15) is 4.98 Å². The molecule has 21 heavy (non-hydrogen) atoms. The summed E-state index contributed by atoms with van der Waals surface area (Å²) in [4.78, 5) is 13.2. The number of hydrogen-bond donors (Lipinski definition) is 2. The molecule has 110 valence electrons. The molecule has 0 aliphatic rings. The van der Waals surface area contributed by atoms with Gasteiger partial charge in [0.25, 0.3) is 5.88 Å². The molecule has 0 aliphatic carbocycles. The number of halogens is 3. The number of hydrogen-bond acceptors (Lipinski definition) is 6. The summed E-state index contributed by atoms with van der Waals surface area (Å²) < 4.78 is 45.1. The highest BCUT2D eigenvalue weighted by atomic mass is 19.1. The van der Waals surface area contributed by atoms with E-state index >= 15 is 0 Å². The molecule has 0 unspecified atom stereocenters. The van der Waals surface area contributed by atoms with Crippen LogP contribution in [-0.2, 0) is 0 Å². The Morgan fingerprint density at radius 2 is 1.95 bits per heavy atom. The van der Waals surface area contributed by atoms with Crippen LogP contribution in [0.2, 0.25) is 0 Å². The lowest BCUT2D eigenvalue weighted by molar-refractivity contribution is -0.385. The molecule has 2 aromatic rings. The first-order chi connectivity index (χ1) is 9.93. The molecule has 3 N–H and O–H groups in total. The Labute approximate surface area is 115 Å². The van der Waals surface area contributed by atoms with Crippen LogP contribution >= 0.6 is 0 Å². The second-order valence-electron chi connectivity index (χ2n) is 3.70. The molecular formula is C11H7F3N4O3. The minimum Gasteiger partial charge on any atom is -0.426 e. The summed E-state index contributed by atoms with van der Waals surface area (Å²) in [6.45, 7) is 0. The van der Waals surface area contributed by atoms with E-state index in [9.17, 15) is 23.3 Å². The van der Waals surface area contributed by atoms with E-state index in [0.717, 1.165) is 18.2 Å². The number of ether oxygens (including phenoxy) is 1. The van der Waals surface area contributed by atoms with Crippen LogP contribution in [-0.4, -0.2) is 9.91 Å². The maximum atomic E-state index is 13.6. The van der Waals surface area contributed by atoms with Crippen molar-refractivity contribution in [3.63, 3.8) is 0 Å². The van der Waals surface area contributed by atoms with Gasteiger partial charge in [-0.1, -0.05) is 6.07 Å². The van der Waals surface area contributed by atoms with Gasteiger partial charge in [-0.05, 0) is 6.07 Å². The van der Waals surface area contributed by atoms with E-state index in [1.807, 2.05) is 5.43 Å². The third-order valence-electron chi connectivity index (χ3n) is 2.38. The number of aromatic nitrogens is 1. The van der Waals surface area contributed by atoms with Gasteiger partial charge in [-0.25, -0.2) is 19.0 Å². The predicted octanol–water partition coefficient (Wildman–Crippen LogP) is 2.49. The molecule has 0 aliphatic heterocycles. The van der Waals surface area contributed by atoms with Crippen molar-refractivity contribution in [3.8, 4) is 11.6 Å². The lowest BCUT2D eigenvalue weighted by Gasteiger charge is -2.09. The molecule has 0 amide bonds. The van der Waals surface area contributed by atoms with Crippen LogP contribution in [0, 0.1) is 27.6 Å². The Kier molecular flexibility index (Phi) is 3.89. The van der Waals surface area contributed by atoms with Crippen molar-refractivity contribution in [2.75, 3.05) is 5.43 Å². The van der Waals surface area contributed by atoms with E-state index < -0.39 is 45.5 Å². The van der Waals surface area contributed by atoms with Gasteiger partial charge in [0, 0.05) is 12.1 Å². The first-order valence-corrected chi connectivity index (χ1v) is 5.37. The van der Waals surface area contributed by atoms with Crippen molar-refractivity contribution in [2.45, 2.75) is 0 Å². The Morgan fingerprint density at radius 1 is 1.24 bits per heavy atom. The quantitative estimate of drug-likeness (QED) is 0.511. The molecule has 7 nitrogen and oxygen atoms in total. The van der Waals surface area contributed by atoms with Crippen LogP contribution in [0.3, 0.4) is 0 Å². The molecule has 0 atom stereocenters. The van der Waals surface area contributed by atoms with E-state index in [1.165, 1.54) is 0 Å². The predicted molar refractivity (Wildman–Crippen MR) is 65.1 cm³/mol. The van der Waals surface area contributed by atoms with Crippen molar-refractivity contribution < 1.29 is 22.8 Å². The van der Waals surface area contributed by atoms with Crippen molar-refractivity contribution in [2.24, 2.45) is 5.84 Å². The molecule has 0 spiro atoms. The molecule has 2 rings (SSSR count). The summed E-state index contributed by atoms with van der Waals surface area (Å²) >= 11 is 0. The summed E-state index contributed by atoms with van der Waals surface area (Å²) in [6.07, 6.45) is 0. The largest absolute Gasteiger partial charge is 0.426 e. The zero-order chi connectivity index (χ0) is 15.6. The zero-order valence-electron chi connectivity index (χ0n) is 10.1. The van der Waals surface area contributed by atoms with Gasteiger partial charge in [-0.3, -0.25) is 10.1 Å². The molecule has 0 radical (unpaired) electrons. The molecule has 10 heteroatoms. The molecule has 0 saturated carbocycles. The Hall–Kier alpha value is -2.88. The van der Waals surface area contributed by atoms with E-state index in [2.05, 4.69) is 4.98 Å². The minimum atomic E-state index is -1.27. The fourth-order valence-electron chi connectivity index (χ4n) is 1.46. The van der Waals surface area contributed by atoms with Crippen LogP contribution < -0.4 is 16.0 Å². The summed E-state index contributed by atoms with van der Waals surface area (Å²) in [6, 6.07) is 3.32. The number of anilines is 1. The third kappa shape index (κ3) is 2.84. The summed E-state index contributed by atoms with van der Waals surface area (Å²) in [5.41, 5.74) is 1.11. The monoisotopic (exact) mass is 300 g/mol. The average molecular weight is 300 g/mol. The van der Waals surface area contributed by atoms with Gasteiger partial charge >= 0.3 is 5.69 Å². The van der Waals surface area contributed by atoms with Crippen LogP contribution in [0.25, 0.3) is 0 Å². The second kappa shape index (κ2) is 5.63. The Balaban J connectivity index is 2.50. The zero-order valence-corrected chi connectivity index (χ0v) is 10.1. The number of nitrogen functional groups attached to an aromatic ring is 1. The highest BCUT2D eigenvalue weighted by Crippen LogP contribution is 2.34. The number of rotatable bonds is 4. The number of benzene rings is 1. The number of para-hydroxylation sites is 1. The molecule has 0 fully saturated rings. The third-order valence-corrected chi connectivity index (χ3v) is 2.38. The number of nitrogens with one attached hydrogen (secondary N) is 1. The maximum absolute atomic E-state index is 13.6. The van der Waals surface area contributed by atoms with Gasteiger partial charge in [0.1, 0.15) is 0 Å². The number of pyridine rings is 1. The normalized spacial score (nSPS) is 10.3. The Bertz CT molecular complexity index is 711. The molecule has 0 saturated heterocycles. The van der Waals surface area contributed by atoms with Crippen LogP contribution in [0.1, 0.15) is 0 Å². The standard InChI is InChI=1S/C11H7F3N4O3/c12-5-2-1-3-8(18(19)20)9(5)21-11-7(14)4-6(13)10(16-11)17-15/h1-4H,15H2,(H,16,17). The summed E-state index contributed by atoms with van der Waals surface area (Å²) in [5.74, 6) is -0.794. The van der Waals surface area contributed by atoms with Crippen molar-refractivity contribution in [1.82, 2.24) is 4.98 Å². The van der Waals surface area contributed by atoms with Crippen LogP contribution in [0.15, 0.2) is 24.3 Å². The number of nitro groups is 1. The van der Waals surface area contributed by atoms with Gasteiger partial charge in [-0.15, -0.1) is 0 Å². The van der Waals surface area contributed by atoms with Crippen LogP contribution in [0.4, 0.5) is 24.7 Å². The van der Waals surface area contributed by atoms with Gasteiger partial charge in [0.05, 0.1) is 4.92 Å². The van der Waals surface area contributed by atoms with E-state index in [1.54, 1.807) is 0 Å². The average Bonchev–Trinajstić information content (AvgIpc) is 2.43. The van der Waals surface area contributed by atoms with Gasteiger partial charge < -0.3 is 10.2 Å². The van der Waals surface area contributed by atoms with Crippen molar-refractivity contribution in [1.29, 1.82) is 0 Å². The fraction of sp³-hybridized carbons (Fsp3) is 0. The topological polar surface area (TPSA) is 103 Å².